The first kappa shape index (κ1) is 19.9. The molecule has 1 aromatic carbocycles. The van der Waals surface area contributed by atoms with Crippen molar-refractivity contribution >= 4 is 21.8 Å². The number of carbonyl (C=O) groups is 1. The largest absolute Gasteiger partial charge is 0.350 e. The molecule has 3 aromatic heterocycles. The second kappa shape index (κ2) is 8.95. The Bertz CT molecular complexity index is 1140. The van der Waals surface area contributed by atoms with Crippen LogP contribution in [0.4, 0.5) is 0 Å². The van der Waals surface area contributed by atoms with E-state index in [1.165, 1.54) is 0 Å². The molecule has 1 N–H and O–H groups in total. The summed E-state index contributed by atoms with van der Waals surface area (Å²) >= 11 is 3.34. The molecule has 0 unspecified atom stereocenters. The lowest BCUT2D eigenvalue weighted by Gasteiger charge is -2.09. The Hall–Kier alpha value is -3.40. The van der Waals surface area contributed by atoms with E-state index in [0.29, 0.717) is 48.2 Å². The van der Waals surface area contributed by atoms with Gasteiger partial charge in [-0.3, -0.25) is 9.48 Å². The number of aromatic nitrogens is 7. The third kappa shape index (κ3) is 4.43. The van der Waals surface area contributed by atoms with Gasteiger partial charge in [0.25, 0.3) is 5.91 Å². The molecule has 10 heteroatoms. The van der Waals surface area contributed by atoms with E-state index in [0.717, 1.165) is 4.47 Å². The summed E-state index contributed by atoms with van der Waals surface area (Å²) in [5, 5.41) is 11.6. The van der Waals surface area contributed by atoms with Crippen LogP contribution in [0.25, 0.3) is 17.3 Å². The van der Waals surface area contributed by atoms with E-state index < -0.39 is 0 Å². The van der Waals surface area contributed by atoms with E-state index in [1.807, 2.05) is 31.3 Å². The Morgan fingerprint density at radius 1 is 1.20 bits per heavy atom. The van der Waals surface area contributed by atoms with Gasteiger partial charge in [0.1, 0.15) is 0 Å². The van der Waals surface area contributed by atoms with E-state index in [-0.39, 0.29) is 5.91 Å². The van der Waals surface area contributed by atoms with Gasteiger partial charge < -0.3 is 5.32 Å². The van der Waals surface area contributed by atoms with Crippen LogP contribution in [-0.2, 0) is 13.0 Å². The predicted octanol–water partition coefficient (Wildman–Crippen LogP) is 2.68. The lowest BCUT2D eigenvalue weighted by Crippen LogP contribution is -2.27. The minimum Gasteiger partial charge on any atom is -0.350 e. The summed E-state index contributed by atoms with van der Waals surface area (Å²) < 4.78 is 4.22. The first-order valence-corrected chi connectivity index (χ1v) is 10.2. The number of aryl methyl sites for hydroxylation is 1. The molecule has 0 aliphatic heterocycles. The van der Waals surface area contributed by atoms with Crippen LogP contribution in [0.15, 0.2) is 59.6 Å². The molecule has 1 amide bonds. The zero-order valence-electron chi connectivity index (χ0n) is 16.2. The van der Waals surface area contributed by atoms with Crippen LogP contribution in [0.3, 0.4) is 0 Å². The van der Waals surface area contributed by atoms with Crippen molar-refractivity contribution < 1.29 is 4.79 Å². The third-order valence-electron chi connectivity index (χ3n) is 4.33. The Balaban J connectivity index is 1.58. The number of carbonyl (C=O) groups excluding carboxylic acids is 1. The van der Waals surface area contributed by atoms with E-state index in [4.69, 9.17) is 0 Å². The van der Waals surface area contributed by atoms with Gasteiger partial charge in [0.05, 0.1) is 16.7 Å². The number of nitrogens with zero attached hydrogens (tertiary/aromatic N) is 7. The topological polar surface area (TPSA) is 103 Å². The van der Waals surface area contributed by atoms with E-state index in [9.17, 15) is 4.79 Å². The van der Waals surface area contributed by atoms with Gasteiger partial charge in [-0.15, -0.1) is 0 Å². The number of benzene rings is 1. The van der Waals surface area contributed by atoms with Gasteiger partial charge in [-0.2, -0.15) is 10.2 Å². The number of halogens is 1. The van der Waals surface area contributed by atoms with Crippen LogP contribution < -0.4 is 5.32 Å². The maximum absolute atomic E-state index is 12.6. The summed E-state index contributed by atoms with van der Waals surface area (Å²) in [6, 6.07) is 9.08. The fraction of sp³-hybridized carbons (Fsp3) is 0.200. The van der Waals surface area contributed by atoms with Crippen molar-refractivity contribution in [3.63, 3.8) is 0 Å². The maximum Gasteiger partial charge on any atom is 0.251 e. The number of amides is 1. The molecule has 0 saturated carbocycles. The molecule has 0 fully saturated rings. The van der Waals surface area contributed by atoms with Crippen molar-refractivity contribution in [2.45, 2.75) is 19.9 Å². The number of hydrogen-bond donors (Lipinski definition) is 1. The van der Waals surface area contributed by atoms with Crippen LogP contribution in [0, 0.1) is 0 Å². The molecule has 0 saturated heterocycles. The fourth-order valence-electron chi connectivity index (χ4n) is 2.85. The smallest absolute Gasteiger partial charge is 0.251 e. The van der Waals surface area contributed by atoms with E-state index in [1.54, 1.807) is 40.1 Å². The molecule has 0 atom stereocenters. The predicted molar refractivity (Wildman–Crippen MR) is 114 cm³/mol. The summed E-state index contributed by atoms with van der Waals surface area (Å²) in [5.74, 6) is 1.49. The molecular weight excluding hydrogens is 448 g/mol. The number of nitrogens with one attached hydrogen (secondary N) is 1. The van der Waals surface area contributed by atoms with Gasteiger partial charge in [-0.05, 0) is 40.2 Å². The highest BCUT2D eigenvalue weighted by Crippen LogP contribution is 2.20. The Kier molecular flexibility index (Phi) is 5.94. The quantitative estimate of drug-likeness (QED) is 0.448. The lowest BCUT2D eigenvalue weighted by atomic mass is 10.2. The zero-order chi connectivity index (χ0) is 20.9. The van der Waals surface area contributed by atoms with Crippen LogP contribution >= 0.6 is 15.9 Å². The monoisotopic (exact) mass is 466 g/mol. The lowest BCUT2D eigenvalue weighted by molar-refractivity contribution is 0.0952. The van der Waals surface area contributed by atoms with Gasteiger partial charge in [0, 0.05) is 43.3 Å². The van der Waals surface area contributed by atoms with Crippen molar-refractivity contribution in [3.8, 4) is 17.3 Å². The van der Waals surface area contributed by atoms with E-state index >= 15 is 0 Å². The molecule has 30 heavy (non-hydrogen) atoms. The Labute approximate surface area is 181 Å². The molecule has 0 aliphatic rings. The molecule has 0 aliphatic carbocycles. The summed E-state index contributed by atoms with van der Waals surface area (Å²) in [4.78, 5) is 25.8. The molecule has 0 spiro atoms. The van der Waals surface area contributed by atoms with Crippen molar-refractivity contribution in [1.82, 2.24) is 39.8 Å². The van der Waals surface area contributed by atoms with Crippen LogP contribution in [0.2, 0.25) is 0 Å². The van der Waals surface area contributed by atoms with Crippen LogP contribution in [0.1, 0.15) is 23.1 Å². The van der Waals surface area contributed by atoms with Crippen molar-refractivity contribution in [2.75, 3.05) is 6.54 Å². The summed E-state index contributed by atoms with van der Waals surface area (Å²) in [6.45, 7) is 3.06. The highest BCUT2D eigenvalue weighted by molar-refractivity contribution is 9.10. The highest BCUT2D eigenvalue weighted by atomic mass is 79.9. The average Bonchev–Trinajstić information content (AvgIpc) is 3.44. The maximum atomic E-state index is 12.6. The van der Waals surface area contributed by atoms with Crippen LogP contribution in [0.5, 0.6) is 0 Å². The Morgan fingerprint density at radius 3 is 2.77 bits per heavy atom. The molecule has 4 rings (SSSR count). The second-order valence-corrected chi connectivity index (χ2v) is 7.33. The molecule has 152 valence electrons. The molecule has 4 aromatic rings. The average molecular weight is 467 g/mol. The zero-order valence-corrected chi connectivity index (χ0v) is 17.8. The van der Waals surface area contributed by atoms with Crippen molar-refractivity contribution in [3.05, 3.63) is 71.0 Å². The second-order valence-electron chi connectivity index (χ2n) is 6.42. The van der Waals surface area contributed by atoms with E-state index in [2.05, 4.69) is 46.4 Å². The Morgan fingerprint density at radius 2 is 2.03 bits per heavy atom. The normalized spacial score (nSPS) is 10.9. The summed E-state index contributed by atoms with van der Waals surface area (Å²) in [6.07, 6.45) is 7.56. The minimum absolute atomic E-state index is 0.165. The third-order valence-corrected chi connectivity index (χ3v) is 4.74. The molecular formula is C20H19BrN8O. The van der Waals surface area contributed by atoms with Gasteiger partial charge in [-0.25, -0.2) is 19.6 Å². The molecule has 0 bridgehead atoms. The molecule has 0 radical (unpaired) electrons. The van der Waals surface area contributed by atoms with Crippen molar-refractivity contribution in [2.24, 2.45) is 0 Å². The highest BCUT2D eigenvalue weighted by Gasteiger charge is 2.16. The van der Waals surface area contributed by atoms with Crippen molar-refractivity contribution in [1.29, 1.82) is 0 Å². The van der Waals surface area contributed by atoms with Gasteiger partial charge in [-0.1, -0.05) is 13.0 Å². The van der Waals surface area contributed by atoms with Gasteiger partial charge >= 0.3 is 0 Å². The standard InChI is InChI=1S/C20H19BrN8O/c1-2-17-26-19(18-23-12-15(21)13-24-18)29(27-17)16-6-3-5-14(11-16)20(30)22-8-10-28-9-4-7-25-28/h3-7,9,11-13H,2,8,10H2,1H3,(H,22,30). The molecule has 3 heterocycles. The fourth-order valence-corrected chi connectivity index (χ4v) is 3.06. The minimum atomic E-state index is -0.165. The first-order chi connectivity index (χ1) is 14.6. The molecule has 9 nitrogen and oxygen atoms in total. The summed E-state index contributed by atoms with van der Waals surface area (Å²) in [7, 11) is 0. The van der Waals surface area contributed by atoms with Gasteiger partial charge in [0.15, 0.2) is 11.6 Å². The summed E-state index contributed by atoms with van der Waals surface area (Å²) in [5.41, 5.74) is 1.24. The SMILES string of the molecule is CCc1nc(-c2ncc(Br)cn2)n(-c2cccc(C(=O)NCCn3cccn3)c2)n1. The number of hydrogen-bond acceptors (Lipinski definition) is 6. The van der Waals surface area contributed by atoms with Crippen LogP contribution in [-0.4, -0.2) is 47.0 Å². The number of rotatable bonds is 7. The first-order valence-electron chi connectivity index (χ1n) is 9.44. The van der Waals surface area contributed by atoms with Gasteiger partial charge in [0.2, 0.25) is 5.82 Å².